The minimum atomic E-state index is -1.40. The summed E-state index contributed by atoms with van der Waals surface area (Å²) in [6, 6.07) is 0. The maximum absolute atomic E-state index is 11.8. The molecule has 0 aromatic carbocycles. The van der Waals surface area contributed by atoms with Crippen molar-refractivity contribution in [3.05, 3.63) is 0 Å². The van der Waals surface area contributed by atoms with Crippen molar-refractivity contribution in [2.75, 3.05) is 13.7 Å². The first kappa shape index (κ1) is 11.5. The molecule has 0 N–H and O–H groups in total. The number of hydrogen-bond donors (Lipinski definition) is 0. The van der Waals surface area contributed by atoms with Crippen LogP contribution >= 0.6 is 11.6 Å². The molecule has 88 valence electrons. The number of alkyl halides is 1. The molecule has 0 radical (unpaired) electrons. The standard InChI is InChI=1S/C10H13ClN2O3/c1-15-8-6-12-10(11,9(14)13-8)7-4-2-3-5-16-7/h6-7H,2-5H2,1H3. The highest BCUT2D eigenvalue weighted by Crippen LogP contribution is 2.33. The Bertz CT molecular complexity index is 350. The molecule has 0 saturated carbocycles. The van der Waals surface area contributed by atoms with Gasteiger partial charge in [-0.3, -0.25) is 9.79 Å². The van der Waals surface area contributed by atoms with Crippen LogP contribution in [0.4, 0.5) is 0 Å². The van der Waals surface area contributed by atoms with Crippen molar-refractivity contribution in [2.24, 2.45) is 9.98 Å². The number of hydrogen-bond acceptors (Lipinski definition) is 4. The Morgan fingerprint density at radius 3 is 3.00 bits per heavy atom. The summed E-state index contributed by atoms with van der Waals surface area (Å²) in [6.45, 7) is 0.614. The third-order valence-electron chi connectivity index (χ3n) is 2.69. The second-order valence-electron chi connectivity index (χ2n) is 3.75. The highest BCUT2D eigenvalue weighted by Gasteiger charge is 2.47. The summed E-state index contributed by atoms with van der Waals surface area (Å²) >= 11 is 6.19. The van der Waals surface area contributed by atoms with Gasteiger partial charge in [-0.25, -0.2) is 0 Å². The first-order valence-corrected chi connectivity index (χ1v) is 5.57. The van der Waals surface area contributed by atoms with Crippen LogP contribution in [0, 0.1) is 0 Å². The zero-order valence-electron chi connectivity index (χ0n) is 8.98. The Hall–Kier alpha value is -0.940. The summed E-state index contributed by atoms with van der Waals surface area (Å²) < 4.78 is 10.3. The maximum atomic E-state index is 11.8. The van der Waals surface area contributed by atoms with Gasteiger partial charge in [-0.05, 0) is 19.3 Å². The van der Waals surface area contributed by atoms with Crippen LogP contribution in [0.1, 0.15) is 19.3 Å². The predicted octanol–water partition coefficient (Wildman–Crippen LogP) is 1.15. The van der Waals surface area contributed by atoms with Crippen LogP contribution in [0.15, 0.2) is 9.98 Å². The highest BCUT2D eigenvalue weighted by molar-refractivity contribution is 6.41. The van der Waals surface area contributed by atoms with Crippen LogP contribution < -0.4 is 0 Å². The third kappa shape index (κ3) is 1.97. The van der Waals surface area contributed by atoms with Crippen molar-refractivity contribution in [3.63, 3.8) is 0 Å². The minimum Gasteiger partial charge on any atom is -0.480 e. The predicted molar refractivity (Wildman–Crippen MR) is 60.1 cm³/mol. The quantitative estimate of drug-likeness (QED) is 0.514. The summed E-state index contributed by atoms with van der Waals surface area (Å²) in [6.07, 6.45) is 3.68. The normalized spacial score (nSPS) is 34.8. The number of carbonyl (C=O) groups is 1. The van der Waals surface area contributed by atoms with E-state index in [1.807, 2.05) is 0 Å². The van der Waals surface area contributed by atoms with E-state index in [1.54, 1.807) is 0 Å². The number of ether oxygens (including phenoxy) is 2. The fourth-order valence-electron chi connectivity index (χ4n) is 1.77. The van der Waals surface area contributed by atoms with Crippen LogP contribution in [0.3, 0.4) is 0 Å². The topological polar surface area (TPSA) is 60.2 Å². The lowest BCUT2D eigenvalue weighted by atomic mass is 10.0. The number of amides is 1. The van der Waals surface area contributed by atoms with Gasteiger partial charge in [0.05, 0.1) is 13.3 Å². The van der Waals surface area contributed by atoms with E-state index in [-0.39, 0.29) is 5.90 Å². The Labute approximate surface area is 98.5 Å². The van der Waals surface area contributed by atoms with Crippen molar-refractivity contribution in [1.82, 2.24) is 0 Å². The summed E-state index contributed by atoms with van der Waals surface area (Å²) in [5.74, 6) is -0.336. The maximum Gasteiger partial charge on any atom is 0.295 e. The van der Waals surface area contributed by atoms with Gasteiger partial charge in [0.1, 0.15) is 6.10 Å². The van der Waals surface area contributed by atoms with Gasteiger partial charge in [-0.2, -0.15) is 4.99 Å². The molecule has 5 nitrogen and oxygen atoms in total. The number of carbonyl (C=O) groups excluding carboxylic acids is 1. The van der Waals surface area contributed by atoms with Gasteiger partial charge in [0.15, 0.2) is 0 Å². The van der Waals surface area contributed by atoms with Crippen molar-refractivity contribution >= 4 is 29.6 Å². The number of nitrogens with zero attached hydrogens (tertiary/aromatic N) is 2. The molecule has 1 amide bonds. The van der Waals surface area contributed by atoms with Crippen molar-refractivity contribution < 1.29 is 14.3 Å². The van der Waals surface area contributed by atoms with E-state index in [2.05, 4.69) is 9.98 Å². The summed E-state index contributed by atoms with van der Waals surface area (Å²) in [4.78, 5) is 18.1. The molecule has 6 heteroatoms. The molecule has 16 heavy (non-hydrogen) atoms. The molecular formula is C10H13ClN2O3. The molecule has 0 aromatic heterocycles. The molecule has 2 heterocycles. The van der Waals surface area contributed by atoms with Gasteiger partial charge in [0.2, 0.25) is 10.9 Å². The van der Waals surface area contributed by atoms with Gasteiger partial charge in [0, 0.05) is 6.61 Å². The number of methoxy groups -OCH3 is 1. The lowest BCUT2D eigenvalue weighted by Crippen LogP contribution is -2.47. The Kier molecular flexibility index (Phi) is 3.25. The van der Waals surface area contributed by atoms with E-state index in [1.165, 1.54) is 13.3 Å². The first-order chi connectivity index (χ1) is 7.66. The summed E-state index contributed by atoms with van der Waals surface area (Å²) in [7, 11) is 1.43. The Balaban J connectivity index is 2.17. The molecule has 0 spiro atoms. The van der Waals surface area contributed by atoms with Crippen LogP contribution in [-0.4, -0.2) is 42.8 Å². The van der Waals surface area contributed by atoms with E-state index in [0.717, 1.165) is 19.3 Å². The summed E-state index contributed by atoms with van der Waals surface area (Å²) in [5.41, 5.74) is 0. The van der Waals surface area contributed by atoms with Gasteiger partial charge >= 0.3 is 0 Å². The van der Waals surface area contributed by atoms with Crippen molar-refractivity contribution in [1.29, 1.82) is 0 Å². The number of rotatable bonds is 1. The van der Waals surface area contributed by atoms with E-state index in [4.69, 9.17) is 21.1 Å². The first-order valence-electron chi connectivity index (χ1n) is 5.19. The molecule has 2 rings (SSSR count). The van der Waals surface area contributed by atoms with Crippen LogP contribution in [-0.2, 0) is 14.3 Å². The lowest BCUT2D eigenvalue weighted by molar-refractivity contribution is -0.126. The molecule has 0 aliphatic carbocycles. The molecule has 1 fully saturated rings. The zero-order valence-corrected chi connectivity index (χ0v) is 9.74. The Morgan fingerprint density at radius 1 is 1.62 bits per heavy atom. The van der Waals surface area contributed by atoms with E-state index >= 15 is 0 Å². The average molecular weight is 245 g/mol. The molecule has 2 unspecified atom stereocenters. The molecule has 1 saturated heterocycles. The molecule has 2 atom stereocenters. The second kappa shape index (κ2) is 4.51. The minimum absolute atomic E-state index is 0.178. The summed E-state index contributed by atoms with van der Waals surface area (Å²) in [5, 5.41) is 0. The van der Waals surface area contributed by atoms with E-state index < -0.39 is 17.0 Å². The third-order valence-corrected chi connectivity index (χ3v) is 3.19. The second-order valence-corrected chi connectivity index (χ2v) is 4.32. The fourth-order valence-corrected chi connectivity index (χ4v) is 2.04. The van der Waals surface area contributed by atoms with E-state index in [0.29, 0.717) is 6.61 Å². The molecule has 0 bridgehead atoms. The van der Waals surface area contributed by atoms with E-state index in [9.17, 15) is 4.79 Å². The lowest BCUT2D eigenvalue weighted by Gasteiger charge is -2.33. The largest absolute Gasteiger partial charge is 0.480 e. The zero-order chi connectivity index (χ0) is 11.6. The van der Waals surface area contributed by atoms with Crippen LogP contribution in [0.2, 0.25) is 0 Å². The van der Waals surface area contributed by atoms with Crippen LogP contribution in [0.5, 0.6) is 0 Å². The molecular weight excluding hydrogens is 232 g/mol. The van der Waals surface area contributed by atoms with Gasteiger partial charge in [-0.1, -0.05) is 11.6 Å². The van der Waals surface area contributed by atoms with Crippen LogP contribution in [0.25, 0.3) is 0 Å². The molecule has 2 aliphatic rings. The fraction of sp³-hybridized carbons (Fsp3) is 0.700. The number of halogens is 1. The van der Waals surface area contributed by atoms with Gasteiger partial charge in [0.25, 0.3) is 5.91 Å². The molecule has 2 aliphatic heterocycles. The highest BCUT2D eigenvalue weighted by atomic mass is 35.5. The molecule has 0 aromatic rings. The average Bonchev–Trinajstić information content (AvgIpc) is 2.34. The monoisotopic (exact) mass is 244 g/mol. The van der Waals surface area contributed by atoms with Gasteiger partial charge in [-0.15, -0.1) is 0 Å². The van der Waals surface area contributed by atoms with Crippen molar-refractivity contribution in [3.8, 4) is 0 Å². The SMILES string of the molecule is COC1=NC(=O)C(Cl)(C2CCCCO2)N=C1. The number of aliphatic imine (C=N–C) groups is 2. The van der Waals surface area contributed by atoms with Crippen molar-refractivity contribution in [2.45, 2.75) is 30.4 Å². The van der Waals surface area contributed by atoms with Gasteiger partial charge < -0.3 is 9.47 Å². The Morgan fingerprint density at radius 2 is 2.44 bits per heavy atom. The smallest absolute Gasteiger partial charge is 0.295 e.